The largest absolute Gasteiger partial charge is 0.496 e. The number of para-hydroxylation sites is 1. The summed E-state index contributed by atoms with van der Waals surface area (Å²) in [5, 5.41) is 9.40. The van der Waals surface area contributed by atoms with Crippen LogP contribution in [-0.4, -0.2) is 30.9 Å². The summed E-state index contributed by atoms with van der Waals surface area (Å²) in [5.41, 5.74) is 3.15. The summed E-state index contributed by atoms with van der Waals surface area (Å²) in [6.07, 6.45) is 1.77. The molecule has 0 spiro atoms. The first-order valence-electron chi connectivity index (χ1n) is 14.1. The summed E-state index contributed by atoms with van der Waals surface area (Å²) in [5.74, 6) is 1.03. The molecule has 0 bridgehead atoms. The van der Waals surface area contributed by atoms with Crippen molar-refractivity contribution in [3.8, 4) is 23.3 Å². The molecule has 4 aromatic rings. The minimum atomic E-state index is -0.783. The van der Waals surface area contributed by atoms with Crippen LogP contribution in [-0.2, 0) is 16.1 Å². The van der Waals surface area contributed by atoms with Crippen molar-refractivity contribution in [2.24, 2.45) is 4.99 Å². The molecule has 0 amide bonds. The summed E-state index contributed by atoms with van der Waals surface area (Å²) in [4.78, 5) is 32.3. The predicted octanol–water partition coefficient (Wildman–Crippen LogP) is 4.66. The first-order valence-corrected chi connectivity index (χ1v) is 14.9. The molecule has 0 aliphatic carbocycles. The van der Waals surface area contributed by atoms with Crippen LogP contribution in [0.15, 0.2) is 87.8 Å². The zero-order valence-corrected chi connectivity index (χ0v) is 25.6. The van der Waals surface area contributed by atoms with Gasteiger partial charge in [0.15, 0.2) is 16.3 Å². The zero-order chi connectivity index (χ0) is 31.2. The lowest BCUT2D eigenvalue weighted by Gasteiger charge is -2.25. The van der Waals surface area contributed by atoms with Gasteiger partial charge < -0.3 is 18.9 Å². The van der Waals surface area contributed by atoms with E-state index < -0.39 is 12.0 Å². The van der Waals surface area contributed by atoms with Gasteiger partial charge in [0, 0.05) is 11.1 Å². The number of aromatic nitrogens is 1. The van der Waals surface area contributed by atoms with E-state index >= 15 is 0 Å². The molecular formula is C34H31N3O6S. The molecule has 1 atom stereocenters. The monoisotopic (exact) mass is 609 g/mol. The van der Waals surface area contributed by atoms with Gasteiger partial charge in [0.2, 0.25) is 0 Å². The van der Waals surface area contributed by atoms with Gasteiger partial charge in [-0.05, 0) is 56.7 Å². The van der Waals surface area contributed by atoms with Crippen molar-refractivity contribution >= 4 is 23.4 Å². The number of fused-ring (bicyclic) bond motifs is 1. The van der Waals surface area contributed by atoms with Gasteiger partial charge in [-0.3, -0.25) is 9.36 Å². The summed E-state index contributed by atoms with van der Waals surface area (Å²) < 4.78 is 24.9. The zero-order valence-electron chi connectivity index (χ0n) is 24.8. The van der Waals surface area contributed by atoms with Gasteiger partial charge in [0.05, 0.1) is 47.8 Å². The number of carbonyl (C=O) groups is 1. The molecule has 10 heteroatoms. The van der Waals surface area contributed by atoms with E-state index in [2.05, 4.69) is 11.1 Å². The number of carbonyl (C=O) groups excluding carboxylic acids is 1. The van der Waals surface area contributed by atoms with Crippen LogP contribution in [0.5, 0.6) is 17.2 Å². The normalized spacial score (nSPS) is 14.3. The van der Waals surface area contributed by atoms with E-state index in [1.807, 2.05) is 49.4 Å². The van der Waals surface area contributed by atoms with Gasteiger partial charge in [-0.25, -0.2) is 9.79 Å². The molecule has 0 N–H and O–H groups in total. The second-order valence-corrected chi connectivity index (χ2v) is 10.8. The van der Waals surface area contributed by atoms with Crippen LogP contribution in [0, 0.1) is 11.3 Å². The van der Waals surface area contributed by atoms with Crippen LogP contribution in [0.4, 0.5) is 0 Å². The number of nitrogens with zero attached hydrogens (tertiary/aromatic N) is 3. The molecule has 1 aliphatic rings. The smallest absolute Gasteiger partial charge is 0.338 e. The molecule has 3 aromatic carbocycles. The average Bonchev–Trinajstić information content (AvgIpc) is 3.33. The first kappa shape index (κ1) is 30.3. The lowest BCUT2D eigenvalue weighted by molar-refractivity contribution is -0.139. The van der Waals surface area contributed by atoms with Crippen molar-refractivity contribution in [2.75, 3.05) is 20.3 Å². The quantitative estimate of drug-likeness (QED) is 0.241. The fourth-order valence-corrected chi connectivity index (χ4v) is 6.09. The Bertz CT molecular complexity index is 1970. The Morgan fingerprint density at radius 1 is 1.02 bits per heavy atom. The molecule has 0 radical (unpaired) electrons. The summed E-state index contributed by atoms with van der Waals surface area (Å²) in [6.45, 7) is 6.15. The maximum atomic E-state index is 14.0. The van der Waals surface area contributed by atoms with E-state index in [9.17, 15) is 14.9 Å². The lowest BCUT2D eigenvalue weighted by atomic mass is 9.95. The van der Waals surface area contributed by atoms with Gasteiger partial charge in [-0.1, -0.05) is 53.8 Å². The number of hydrogen-bond acceptors (Lipinski definition) is 9. The highest BCUT2D eigenvalue weighted by Gasteiger charge is 2.35. The van der Waals surface area contributed by atoms with E-state index in [4.69, 9.17) is 18.9 Å². The number of rotatable bonds is 10. The Morgan fingerprint density at radius 2 is 1.80 bits per heavy atom. The lowest BCUT2D eigenvalue weighted by Crippen LogP contribution is -2.40. The topological polar surface area (TPSA) is 112 Å². The van der Waals surface area contributed by atoms with Gasteiger partial charge in [-0.15, -0.1) is 0 Å². The molecular weight excluding hydrogens is 578 g/mol. The fourth-order valence-electron chi connectivity index (χ4n) is 5.04. The van der Waals surface area contributed by atoms with Gasteiger partial charge >= 0.3 is 5.97 Å². The number of methoxy groups -OCH3 is 1. The Balaban J connectivity index is 1.57. The third-order valence-corrected chi connectivity index (χ3v) is 8.02. The maximum absolute atomic E-state index is 14.0. The number of thiazole rings is 1. The number of hydrogen-bond donors (Lipinski definition) is 0. The van der Waals surface area contributed by atoms with Crippen LogP contribution >= 0.6 is 11.3 Å². The molecule has 2 heterocycles. The Morgan fingerprint density at radius 3 is 2.55 bits per heavy atom. The number of ether oxygens (including phenoxy) is 4. The number of esters is 1. The number of nitriles is 1. The molecule has 44 heavy (non-hydrogen) atoms. The molecule has 0 saturated heterocycles. The SMILES string of the molecule is CCOC(=O)C1=C(C)N=c2s/c(=C/c3ccc(OCc4ccccc4C#N)c(OCC)c3)c(=O)n2[C@@H]1c1ccccc1OC. The van der Waals surface area contributed by atoms with Gasteiger partial charge in [-0.2, -0.15) is 5.26 Å². The molecule has 1 aromatic heterocycles. The average molecular weight is 610 g/mol. The van der Waals surface area contributed by atoms with E-state index in [0.717, 1.165) is 11.1 Å². The second-order valence-electron chi connectivity index (χ2n) is 9.74. The van der Waals surface area contributed by atoms with Gasteiger partial charge in [0.1, 0.15) is 18.4 Å². The van der Waals surface area contributed by atoms with Crippen molar-refractivity contribution in [3.63, 3.8) is 0 Å². The molecule has 0 fully saturated rings. The van der Waals surface area contributed by atoms with Crippen LogP contribution < -0.4 is 29.1 Å². The van der Waals surface area contributed by atoms with Crippen LogP contribution in [0.2, 0.25) is 0 Å². The molecule has 224 valence electrons. The summed E-state index contributed by atoms with van der Waals surface area (Å²) in [7, 11) is 1.55. The number of allylic oxidation sites excluding steroid dienone is 1. The Kier molecular flexibility index (Phi) is 9.26. The highest BCUT2D eigenvalue weighted by atomic mass is 32.1. The van der Waals surface area contributed by atoms with E-state index in [1.165, 1.54) is 15.9 Å². The summed E-state index contributed by atoms with van der Waals surface area (Å²) >= 11 is 1.23. The summed E-state index contributed by atoms with van der Waals surface area (Å²) in [6, 6.07) is 21.4. The van der Waals surface area contributed by atoms with Crippen molar-refractivity contribution in [1.82, 2.24) is 4.57 Å². The van der Waals surface area contributed by atoms with Crippen LogP contribution in [0.1, 0.15) is 49.1 Å². The fraction of sp³-hybridized carbons (Fsp3) is 0.235. The maximum Gasteiger partial charge on any atom is 0.338 e. The molecule has 1 aliphatic heterocycles. The van der Waals surface area contributed by atoms with Crippen molar-refractivity contribution in [1.29, 1.82) is 5.26 Å². The standard InChI is InChI=1S/C34H31N3O6S/c1-5-41-28-17-22(15-16-27(28)43-20-24-12-8-7-11-23(24)19-35)18-29-32(38)37-31(25-13-9-10-14-26(25)40-4)30(33(39)42-6-2)21(3)36-34(37)44-29/h7-18,31H,5-6,20H2,1-4H3/b29-18+/t31-/m1/s1. The Hall–Kier alpha value is -5.14. The Labute approximate surface area is 258 Å². The number of benzene rings is 3. The van der Waals surface area contributed by atoms with E-state index in [-0.39, 0.29) is 24.3 Å². The van der Waals surface area contributed by atoms with Crippen LogP contribution in [0.3, 0.4) is 0 Å². The minimum absolute atomic E-state index is 0.186. The van der Waals surface area contributed by atoms with Gasteiger partial charge in [0.25, 0.3) is 5.56 Å². The van der Waals surface area contributed by atoms with Crippen molar-refractivity contribution in [3.05, 3.63) is 120 Å². The highest BCUT2D eigenvalue weighted by molar-refractivity contribution is 7.07. The first-order chi connectivity index (χ1) is 21.4. The van der Waals surface area contributed by atoms with Crippen molar-refractivity contribution < 1.29 is 23.7 Å². The molecule has 0 saturated carbocycles. The predicted molar refractivity (Wildman–Crippen MR) is 166 cm³/mol. The van der Waals surface area contributed by atoms with Crippen molar-refractivity contribution in [2.45, 2.75) is 33.4 Å². The molecule has 5 rings (SSSR count). The van der Waals surface area contributed by atoms with E-state index in [1.54, 1.807) is 51.3 Å². The molecule has 0 unspecified atom stereocenters. The second kappa shape index (κ2) is 13.4. The minimum Gasteiger partial charge on any atom is -0.496 e. The van der Waals surface area contributed by atoms with E-state index in [0.29, 0.717) is 50.0 Å². The van der Waals surface area contributed by atoms with Crippen LogP contribution in [0.25, 0.3) is 6.08 Å². The molecule has 9 nitrogen and oxygen atoms in total. The third kappa shape index (κ3) is 6.00. The third-order valence-electron chi connectivity index (χ3n) is 7.04. The highest BCUT2D eigenvalue weighted by Crippen LogP contribution is 2.36.